The van der Waals surface area contributed by atoms with Gasteiger partial charge in [0.15, 0.2) is 0 Å². The van der Waals surface area contributed by atoms with Crippen molar-refractivity contribution in [3.8, 4) is 0 Å². The summed E-state index contributed by atoms with van der Waals surface area (Å²) in [5.41, 5.74) is 1.12. The summed E-state index contributed by atoms with van der Waals surface area (Å²) in [5, 5.41) is 24.0. The van der Waals surface area contributed by atoms with Gasteiger partial charge in [0.1, 0.15) is 5.69 Å². The summed E-state index contributed by atoms with van der Waals surface area (Å²) in [6, 6.07) is 11.5. The molecule has 0 fully saturated rings. The van der Waals surface area contributed by atoms with E-state index in [1.165, 1.54) is 23.1 Å². The van der Waals surface area contributed by atoms with E-state index >= 15 is 0 Å². The molecule has 7 nitrogen and oxygen atoms in total. The van der Waals surface area contributed by atoms with Crippen molar-refractivity contribution in [2.75, 3.05) is 25.0 Å². The van der Waals surface area contributed by atoms with Crippen molar-refractivity contribution in [3.63, 3.8) is 0 Å². The van der Waals surface area contributed by atoms with E-state index in [0.29, 0.717) is 23.8 Å². The number of likely N-dealkylation sites (N-methyl/N-ethyl adjacent to an activating group) is 1. The Bertz CT molecular complexity index is 798. The molecule has 0 spiro atoms. The highest BCUT2D eigenvalue weighted by Crippen LogP contribution is 2.27. The number of amides is 1. The zero-order chi connectivity index (χ0) is 19.1. The normalized spacial score (nSPS) is 10.4. The summed E-state index contributed by atoms with van der Waals surface area (Å²) in [4.78, 5) is 24.7. The fraction of sp³-hybridized carbons (Fsp3) is 0.278. The van der Waals surface area contributed by atoms with Crippen LogP contribution in [0.2, 0.25) is 5.02 Å². The number of hydrogen-bond donors (Lipinski definition) is 2. The number of benzene rings is 2. The van der Waals surface area contributed by atoms with Crippen LogP contribution < -0.4 is 5.32 Å². The van der Waals surface area contributed by atoms with E-state index < -0.39 is 4.92 Å². The van der Waals surface area contributed by atoms with Crippen molar-refractivity contribution in [2.45, 2.75) is 13.5 Å². The number of nitro benzene ring substituents is 1. The van der Waals surface area contributed by atoms with Crippen molar-refractivity contribution in [1.82, 2.24) is 4.90 Å². The van der Waals surface area contributed by atoms with Gasteiger partial charge < -0.3 is 15.3 Å². The smallest absolute Gasteiger partial charge is 0.293 e. The topological polar surface area (TPSA) is 95.7 Å². The van der Waals surface area contributed by atoms with E-state index in [9.17, 15) is 14.9 Å². The Labute approximate surface area is 156 Å². The molecule has 0 saturated heterocycles. The number of carbonyl (C=O) groups is 1. The lowest BCUT2D eigenvalue weighted by atomic mass is 10.1. The molecule has 0 bridgehead atoms. The molecule has 0 aliphatic heterocycles. The van der Waals surface area contributed by atoms with Crippen LogP contribution in [-0.2, 0) is 6.54 Å². The molecular weight excluding hydrogens is 358 g/mol. The van der Waals surface area contributed by atoms with Gasteiger partial charge in [-0.15, -0.1) is 0 Å². The van der Waals surface area contributed by atoms with Gasteiger partial charge in [-0.05, 0) is 30.7 Å². The molecule has 0 heterocycles. The first-order valence-corrected chi connectivity index (χ1v) is 8.51. The maximum Gasteiger partial charge on any atom is 0.293 e. The first-order valence-electron chi connectivity index (χ1n) is 8.13. The second-order valence-corrected chi connectivity index (χ2v) is 5.95. The fourth-order valence-electron chi connectivity index (χ4n) is 2.50. The summed E-state index contributed by atoms with van der Waals surface area (Å²) in [7, 11) is 0. The van der Waals surface area contributed by atoms with E-state index in [2.05, 4.69) is 5.32 Å². The number of carbonyl (C=O) groups excluding carboxylic acids is 1. The van der Waals surface area contributed by atoms with E-state index in [1.54, 1.807) is 19.1 Å². The van der Waals surface area contributed by atoms with Gasteiger partial charge in [-0.25, -0.2) is 0 Å². The van der Waals surface area contributed by atoms with Gasteiger partial charge in [-0.3, -0.25) is 14.9 Å². The second-order valence-electron chi connectivity index (χ2n) is 5.54. The van der Waals surface area contributed by atoms with Gasteiger partial charge in [0.2, 0.25) is 0 Å². The van der Waals surface area contributed by atoms with E-state index in [1.807, 2.05) is 12.1 Å². The Balaban J connectivity index is 2.24. The summed E-state index contributed by atoms with van der Waals surface area (Å²) in [5.74, 6) is -0.359. The van der Waals surface area contributed by atoms with Gasteiger partial charge in [-0.2, -0.15) is 0 Å². The molecule has 0 aliphatic rings. The van der Waals surface area contributed by atoms with Crippen molar-refractivity contribution < 1.29 is 14.8 Å². The standard InChI is InChI=1S/C18H20ClN3O4/c1-2-21(9-10-23)18(24)13-7-8-16(17(11-13)22(25)26)20-12-14-5-3-4-6-15(14)19/h3-8,11,20,23H,2,9-10,12H2,1H3. The van der Waals surface area contributed by atoms with Crippen molar-refractivity contribution in [1.29, 1.82) is 0 Å². The molecule has 0 aliphatic carbocycles. The molecule has 2 aromatic rings. The lowest BCUT2D eigenvalue weighted by Gasteiger charge is -2.19. The van der Waals surface area contributed by atoms with Gasteiger partial charge >= 0.3 is 0 Å². The highest BCUT2D eigenvalue weighted by molar-refractivity contribution is 6.31. The average Bonchev–Trinajstić information content (AvgIpc) is 2.64. The molecule has 0 radical (unpaired) electrons. The third-order valence-corrected chi connectivity index (χ3v) is 4.28. The van der Waals surface area contributed by atoms with Crippen LogP contribution in [-0.4, -0.2) is 40.5 Å². The van der Waals surface area contributed by atoms with E-state index in [4.69, 9.17) is 16.7 Å². The Hall–Kier alpha value is -2.64. The molecule has 26 heavy (non-hydrogen) atoms. The first kappa shape index (κ1) is 19.7. The van der Waals surface area contributed by atoms with Crippen LogP contribution >= 0.6 is 11.6 Å². The Morgan fingerprint density at radius 3 is 2.65 bits per heavy atom. The highest BCUT2D eigenvalue weighted by Gasteiger charge is 2.20. The second kappa shape index (κ2) is 9.17. The number of nitro groups is 1. The molecule has 1 amide bonds. The zero-order valence-electron chi connectivity index (χ0n) is 14.3. The number of aliphatic hydroxyl groups excluding tert-OH is 1. The number of nitrogens with one attached hydrogen (secondary N) is 1. The Kier molecular flexibility index (Phi) is 6.94. The minimum atomic E-state index is -0.534. The molecule has 0 atom stereocenters. The van der Waals surface area contributed by atoms with Crippen molar-refractivity contribution in [3.05, 3.63) is 68.7 Å². The quantitative estimate of drug-likeness (QED) is 0.543. The largest absolute Gasteiger partial charge is 0.395 e. The summed E-state index contributed by atoms with van der Waals surface area (Å²) < 4.78 is 0. The SMILES string of the molecule is CCN(CCO)C(=O)c1ccc(NCc2ccccc2Cl)c([N+](=O)[O-])c1. The molecule has 8 heteroatoms. The molecule has 2 aromatic carbocycles. The van der Waals surface area contributed by atoms with Crippen LogP contribution in [0.4, 0.5) is 11.4 Å². The summed E-state index contributed by atoms with van der Waals surface area (Å²) in [6.45, 7) is 2.51. The average molecular weight is 378 g/mol. The highest BCUT2D eigenvalue weighted by atomic mass is 35.5. The van der Waals surface area contributed by atoms with Gasteiger partial charge in [0.25, 0.3) is 11.6 Å². The fourth-order valence-corrected chi connectivity index (χ4v) is 2.71. The molecule has 0 saturated carbocycles. The Morgan fingerprint density at radius 1 is 1.31 bits per heavy atom. The molecule has 138 valence electrons. The van der Waals surface area contributed by atoms with E-state index in [-0.39, 0.29) is 30.3 Å². The number of anilines is 1. The predicted molar refractivity (Wildman–Crippen MR) is 101 cm³/mol. The maximum atomic E-state index is 12.4. The molecule has 2 N–H and O–H groups in total. The Morgan fingerprint density at radius 2 is 2.04 bits per heavy atom. The zero-order valence-corrected chi connectivity index (χ0v) is 15.1. The minimum Gasteiger partial charge on any atom is -0.395 e. The number of nitrogens with zero attached hydrogens (tertiary/aromatic N) is 2. The van der Waals surface area contributed by atoms with Crippen LogP contribution in [0.15, 0.2) is 42.5 Å². The number of rotatable bonds is 8. The van der Waals surface area contributed by atoms with E-state index in [0.717, 1.165) is 5.56 Å². The summed E-state index contributed by atoms with van der Waals surface area (Å²) >= 11 is 6.10. The number of halogens is 1. The third-order valence-electron chi connectivity index (χ3n) is 3.91. The van der Waals surface area contributed by atoms with Crippen LogP contribution in [0.1, 0.15) is 22.8 Å². The van der Waals surface area contributed by atoms with Gasteiger partial charge in [-0.1, -0.05) is 29.8 Å². The third kappa shape index (κ3) is 4.71. The molecular formula is C18H20ClN3O4. The van der Waals surface area contributed by atoms with Crippen molar-refractivity contribution in [2.24, 2.45) is 0 Å². The van der Waals surface area contributed by atoms with Crippen LogP contribution in [0.5, 0.6) is 0 Å². The summed E-state index contributed by atoms with van der Waals surface area (Å²) in [6.07, 6.45) is 0. The lowest BCUT2D eigenvalue weighted by molar-refractivity contribution is -0.384. The van der Waals surface area contributed by atoms with Crippen LogP contribution in [0.25, 0.3) is 0 Å². The monoisotopic (exact) mass is 377 g/mol. The number of hydrogen-bond acceptors (Lipinski definition) is 5. The van der Waals surface area contributed by atoms with Crippen LogP contribution in [0, 0.1) is 10.1 Å². The van der Waals surface area contributed by atoms with Gasteiger partial charge in [0, 0.05) is 36.3 Å². The maximum absolute atomic E-state index is 12.4. The first-order chi connectivity index (χ1) is 12.5. The molecule has 0 aromatic heterocycles. The van der Waals surface area contributed by atoms with Crippen molar-refractivity contribution >= 4 is 28.9 Å². The minimum absolute atomic E-state index is 0.168. The molecule has 2 rings (SSSR count). The van der Waals surface area contributed by atoms with Crippen LogP contribution in [0.3, 0.4) is 0 Å². The van der Waals surface area contributed by atoms with Gasteiger partial charge in [0.05, 0.1) is 11.5 Å². The molecule has 0 unspecified atom stereocenters. The lowest BCUT2D eigenvalue weighted by Crippen LogP contribution is -2.33. The number of aliphatic hydroxyl groups is 1. The predicted octanol–water partition coefficient (Wildman–Crippen LogP) is 3.31.